The van der Waals surface area contributed by atoms with Crippen LogP contribution in [-0.2, 0) is 17.1 Å². The summed E-state index contributed by atoms with van der Waals surface area (Å²) in [6.45, 7) is 0. The predicted octanol–water partition coefficient (Wildman–Crippen LogP) is 1.58. The van der Waals surface area contributed by atoms with Crippen LogP contribution < -0.4 is 10.1 Å². The Labute approximate surface area is 142 Å². The van der Waals surface area contributed by atoms with E-state index in [-0.39, 0.29) is 22.8 Å². The maximum atomic E-state index is 10.5. The SMILES string of the molecule is O=C([O-])c1ccc2ccccc2n1.[Cu].c1ccc2[nH+]c[nH]c2c1. The molecule has 6 heteroatoms. The Morgan fingerprint density at radius 3 is 2.52 bits per heavy atom. The van der Waals surface area contributed by atoms with E-state index in [9.17, 15) is 9.90 Å². The summed E-state index contributed by atoms with van der Waals surface area (Å²) in [6.07, 6.45) is 1.82. The number of carbonyl (C=O) groups is 1. The normalized spacial score (nSPS) is 9.74. The molecule has 119 valence electrons. The zero-order valence-electron chi connectivity index (χ0n) is 11.9. The number of aromatic nitrogens is 3. The van der Waals surface area contributed by atoms with E-state index in [0.29, 0.717) is 5.52 Å². The van der Waals surface area contributed by atoms with Crippen molar-refractivity contribution in [3.05, 3.63) is 72.7 Å². The zero-order chi connectivity index (χ0) is 15.4. The summed E-state index contributed by atoms with van der Waals surface area (Å²) in [5.74, 6) is -1.24. The van der Waals surface area contributed by atoms with E-state index in [1.807, 2.05) is 48.8 Å². The molecule has 0 spiro atoms. The fourth-order valence-electron chi connectivity index (χ4n) is 2.11. The van der Waals surface area contributed by atoms with Gasteiger partial charge in [-0.25, -0.2) is 15.0 Å². The molecule has 23 heavy (non-hydrogen) atoms. The second kappa shape index (κ2) is 7.54. The quantitative estimate of drug-likeness (QED) is 0.527. The Morgan fingerprint density at radius 1 is 1.00 bits per heavy atom. The number of imidazole rings is 1. The monoisotopic (exact) mass is 354 g/mol. The Balaban J connectivity index is 0.000000169. The second-order valence-electron chi connectivity index (χ2n) is 4.66. The van der Waals surface area contributed by atoms with Crippen LogP contribution in [0.1, 0.15) is 10.5 Å². The Bertz CT molecular complexity index is 907. The standard InChI is InChI=1S/C10H7NO2.C7H6N2.Cu/c12-10(13)9-6-5-7-3-1-2-4-8(7)11-9;1-2-4-7-6(3-1)8-5-9-7;/h1-6H,(H,12,13);1-5H,(H,8,9);. The van der Waals surface area contributed by atoms with E-state index in [0.717, 1.165) is 16.4 Å². The van der Waals surface area contributed by atoms with Crippen molar-refractivity contribution in [1.29, 1.82) is 0 Å². The Morgan fingerprint density at radius 2 is 1.74 bits per heavy atom. The van der Waals surface area contributed by atoms with Crippen molar-refractivity contribution in [3.63, 3.8) is 0 Å². The number of carbonyl (C=O) groups excluding carboxylic acids is 1. The van der Waals surface area contributed by atoms with Gasteiger partial charge in [0.05, 0.1) is 17.2 Å². The number of carboxylic acid groups (broad SMARTS) is 1. The number of aromatic amines is 2. The summed E-state index contributed by atoms with van der Waals surface area (Å²) in [4.78, 5) is 20.5. The van der Waals surface area contributed by atoms with Gasteiger partial charge in [-0.2, -0.15) is 0 Å². The molecular formula is C17H13CuN3O2. The third-order valence-electron chi connectivity index (χ3n) is 3.19. The number of carboxylic acids is 1. The van der Waals surface area contributed by atoms with Gasteiger partial charge < -0.3 is 9.90 Å². The molecule has 4 rings (SSSR count). The van der Waals surface area contributed by atoms with E-state index in [4.69, 9.17) is 0 Å². The first-order chi connectivity index (χ1) is 10.7. The number of nitrogens with one attached hydrogen (secondary N) is 2. The van der Waals surface area contributed by atoms with Gasteiger partial charge in [0.25, 0.3) is 0 Å². The summed E-state index contributed by atoms with van der Waals surface area (Å²) in [5, 5.41) is 11.4. The molecular weight excluding hydrogens is 342 g/mol. The van der Waals surface area contributed by atoms with E-state index in [1.54, 1.807) is 12.1 Å². The summed E-state index contributed by atoms with van der Waals surface area (Å²) in [6, 6.07) is 18.6. The molecule has 0 aliphatic heterocycles. The van der Waals surface area contributed by atoms with Crippen molar-refractivity contribution >= 4 is 27.9 Å². The van der Waals surface area contributed by atoms with Crippen LogP contribution in [0.4, 0.5) is 0 Å². The maximum Gasteiger partial charge on any atom is 0.240 e. The van der Waals surface area contributed by atoms with Gasteiger partial charge >= 0.3 is 0 Å². The fourth-order valence-corrected chi connectivity index (χ4v) is 2.11. The number of nitrogens with zero attached hydrogens (tertiary/aromatic N) is 1. The Kier molecular flexibility index (Phi) is 5.46. The molecule has 0 saturated carbocycles. The van der Waals surface area contributed by atoms with Crippen LogP contribution in [0.5, 0.6) is 0 Å². The van der Waals surface area contributed by atoms with Crippen LogP contribution in [0.15, 0.2) is 67.0 Å². The Hall–Kier alpha value is -2.69. The second-order valence-corrected chi connectivity index (χ2v) is 4.66. The maximum absolute atomic E-state index is 10.5. The number of pyridine rings is 1. The van der Waals surface area contributed by atoms with Crippen LogP contribution in [0.25, 0.3) is 21.9 Å². The summed E-state index contributed by atoms with van der Waals surface area (Å²) < 4.78 is 0. The number of para-hydroxylation sites is 3. The number of fused-ring (bicyclic) bond motifs is 2. The molecule has 2 aromatic heterocycles. The molecule has 0 bridgehead atoms. The molecule has 4 aromatic rings. The van der Waals surface area contributed by atoms with Crippen molar-refractivity contribution in [3.8, 4) is 0 Å². The van der Waals surface area contributed by atoms with Gasteiger partial charge in [-0.1, -0.05) is 36.4 Å². The molecule has 2 N–H and O–H groups in total. The van der Waals surface area contributed by atoms with Crippen molar-refractivity contribution in [2.24, 2.45) is 0 Å². The number of aromatic carboxylic acids is 1. The van der Waals surface area contributed by atoms with Gasteiger partial charge in [-0.05, 0) is 24.3 Å². The van der Waals surface area contributed by atoms with Crippen molar-refractivity contribution < 1.29 is 32.0 Å². The van der Waals surface area contributed by atoms with Crippen LogP contribution in [0.2, 0.25) is 0 Å². The molecule has 5 nitrogen and oxygen atoms in total. The number of benzene rings is 2. The van der Waals surface area contributed by atoms with Gasteiger partial charge in [-0.15, -0.1) is 0 Å². The minimum Gasteiger partial charge on any atom is -0.543 e. The minimum absolute atomic E-state index is 0. The van der Waals surface area contributed by atoms with Crippen LogP contribution in [0.3, 0.4) is 0 Å². The molecule has 0 aliphatic carbocycles. The summed E-state index contributed by atoms with van der Waals surface area (Å²) >= 11 is 0. The number of hydrogen-bond acceptors (Lipinski definition) is 3. The predicted molar refractivity (Wildman–Crippen MR) is 80.9 cm³/mol. The van der Waals surface area contributed by atoms with Gasteiger partial charge in [0, 0.05) is 22.5 Å². The van der Waals surface area contributed by atoms with Gasteiger partial charge in [0.1, 0.15) is 0 Å². The largest absolute Gasteiger partial charge is 0.543 e. The van der Waals surface area contributed by atoms with Crippen molar-refractivity contribution in [1.82, 2.24) is 9.97 Å². The average Bonchev–Trinajstić information content (AvgIpc) is 3.03. The molecule has 0 aliphatic rings. The van der Waals surface area contributed by atoms with Gasteiger partial charge in [0.15, 0.2) is 11.0 Å². The topological polar surface area (TPSA) is 82.9 Å². The van der Waals surface area contributed by atoms with E-state index < -0.39 is 5.97 Å². The molecule has 0 fully saturated rings. The number of rotatable bonds is 1. The summed E-state index contributed by atoms with van der Waals surface area (Å²) in [7, 11) is 0. The molecule has 0 amide bonds. The molecule has 0 unspecified atom stereocenters. The van der Waals surface area contributed by atoms with E-state index in [2.05, 4.69) is 15.0 Å². The smallest absolute Gasteiger partial charge is 0.240 e. The van der Waals surface area contributed by atoms with E-state index >= 15 is 0 Å². The summed E-state index contributed by atoms with van der Waals surface area (Å²) in [5.41, 5.74) is 2.94. The van der Waals surface area contributed by atoms with Gasteiger partial charge in [0.2, 0.25) is 6.33 Å². The van der Waals surface area contributed by atoms with Crippen LogP contribution in [-0.4, -0.2) is 15.9 Å². The molecule has 1 radical (unpaired) electrons. The third kappa shape index (κ3) is 3.94. The van der Waals surface area contributed by atoms with Crippen LogP contribution >= 0.6 is 0 Å². The molecule has 0 atom stereocenters. The van der Waals surface area contributed by atoms with E-state index in [1.165, 1.54) is 6.07 Å². The first kappa shape index (κ1) is 16.7. The molecule has 0 saturated heterocycles. The first-order valence-corrected chi connectivity index (χ1v) is 6.75. The molecule has 2 heterocycles. The third-order valence-corrected chi connectivity index (χ3v) is 3.19. The average molecular weight is 355 g/mol. The van der Waals surface area contributed by atoms with Crippen LogP contribution in [0, 0.1) is 0 Å². The minimum atomic E-state index is -1.24. The zero-order valence-corrected chi connectivity index (χ0v) is 12.9. The number of H-pyrrole nitrogens is 2. The first-order valence-electron chi connectivity index (χ1n) is 6.75. The molecule has 2 aromatic carbocycles. The fraction of sp³-hybridized carbons (Fsp3) is 0. The number of hydrogen-bond donors (Lipinski definition) is 1. The van der Waals surface area contributed by atoms with Gasteiger partial charge in [-0.3, -0.25) is 0 Å². The van der Waals surface area contributed by atoms with Crippen molar-refractivity contribution in [2.75, 3.05) is 0 Å². The van der Waals surface area contributed by atoms with Crippen molar-refractivity contribution in [2.45, 2.75) is 0 Å².